The van der Waals surface area contributed by atoms with Crippen molar-refractivity contribution in [1.29, 1.82) is 0 Å². The Balaban J connectivity index is 1.66. The number of hydrogen-bond donors (Lipinski definition) is 0. The summed E-state index contributed by atoms with van der Waals surface area (Å²) in [6.45, 7) is 7.24. The summed E-state index contributed by atoms with van der Waals surface area (Å²) in [4.78, 5) is 0.205. The molecule has 0 bridgehead atoms. The fourth-order valence-electron chi connectivity index (χ4n) is 4.37. The van der Waals surface area contributed by atoms with Gasteiger partial charge in [-0.2, -0.15) is 4.31 Å². The van der Waals surface area contributed by atoms with Crippen LogP contribution in [-0.2, 0) is 39.3 Å². The third-order valence-corrected chi connectivity index (χ3v) is 8.34. The molecular weight excluding hydrogens is 550 g/mol. The summed E-state index contributed by atoms with van der Waals surface area (Å²) in [5.41, 5.74) is 3.74. The number of benzene rings is 4. The number of nitrogens with zero attached hydrogens (tertiary/aromatic N) is 1. The zero-order valence-electron chi connectivity index (χ0n) is 24.4. The molecule has 0 atom stereocenters. The summed E-state index contributed by atoms with van der Waals surface area (Å²) in [5.74, 6) is 1.16. The van der Waals surface area contributed by atoms with Crippen molar-refractivity contribution in [3.63, 3.8) is 0 Å². The molecule has 7 nitrogen and oxygen atoms in total. The summed E-state index contributed by atoms with van der Waals surface area (Å²) in [7, 11) is -3.89. The summed E-state index contributed by atoms with van der Waals surface area (Å²) < 4.78 is 53.1. The standard InChI is InChI=1S/C34H39NO6S/c1-4-38-34(39-5-2)24-35(42(36,37)33-18-16-27(3)17-19-33)23-30-20-31(40-25-28-12-8-6-9-13-28)22-32(21-30)41-26-29-14-10-7-11-15-29/h6-22,34H,4-5,23-26H2,1-3H3. The molecule has 222 valence electrons. The van der Waals surface area contributed by atoms with Crippen LogP contribution in [0.15, 0.2) is 108 Å². The summed E-state index contributed by atoms with van der Waals surface area (Å²) in [6, 6.07) is 32.1. The molecule has 4 rings (SSSR count). The van der Waals surface area contributed by atoms with Gasteiger partial charge in [0.1, 0.15) is 24.7 Å². The minimum absolute atomic E-state index is 0.0210. The van der Waals surface area contributed by atoms with Gasteiger partial charge in [-0.05, 0) is 61.7 Å². The summed E-state index contributed by atoms with van der Waals surface area (Å²) in [5, 5.41) is 0. The van der Waals surface area contributed by atoms with Crippen LogP contribution in [0.4, 0.5) is 0 Å². The second-order valence-electron chi connectivity index (χ2n) is 9.81. The number of sulfonamides is 1. The van der Waals surface area contributed by atoms with Crippen LogP contribution in [0.3, 0.4) is 0 Å². The van der Waals surface area contributed by atoms with E-state index in [4.69, 9.17) is 18.9 Å². The fourth-order valence-corrected chi connectivity index (χ4v) is 5.79. The van der Waals surface area contributed by atoms with Crippen molar-refractivity contribution < 1.29 is 27.4 Å². The predicted molar refractivity (Wildman–Crippen MR) is 164 cm³/mol. The highest BCUT2D eigenvalue weighted by Gasteiger charge is 2.28. The van der Waals surface area contributed by atoms with E-state index in [1.165, 1.54) is 4.31 Å². The molecule has 0 aliphatic carbocycles. The number of aryl methyl sites for hydroxylation is 1. The lowest BCUT2D eigenvalue weighted by atomic mass is 10.2. The molecule has 0 aliphatic heterocycles. The molecule has 0 amide bonds. The molecule has 4 aromatic carbocycles. The Hall–Kier alpha value is -3.69. The van der Waals surface area contributed by atoms with Crippen molar-refractivity contribution in [3.8, 4) is 11.5 Å². The van der Waals surface area contributed by atoms with Gasteiger partial charge in [0.25, 0.3) is 0 Å². The van der Waals surface area contributed by atoms with Crippen LogP contribution in [0.1, 0.15) is 36.1 Å². The lowest BCUT2D eigenvalue weighted by molar-refractivity contribution is -0.140. The molecule has 0 unspecified atom stereocenters. The molecular formula is C34H39NO6S. The highest BCUT2D eigenvalue weighted by Crippen LogP contribution is 2.28. The zero-order valence-corrected chi connectivity index (χ0v) is 25.3. The molecule has 42 heavy (non-hydrogen) atoms. The topological polar surface area (TPSA) is 74.3 Å². The highest BCUT2D eigenvalue weighted by molar-refractivity contribution is 7.89. The van der Waals surface area contributed by atoms with Crippen LogP contribution in [-0.4, -0.2) is 38.8 Å². The Morgan fingerprint density at radius 2 is 1.17 bits per heavy atom. The van der Waals surface area contributed by atoms with Gasteiger partial charge >= 0.3 is 0 Å². The van der Waals surface area contributed by atoms with Crippen molar-refractivity contribution in [1.82, 2.24) is 4.31 Å². The molecule has 0 spiro atoms. The van der Waals surface area contributed by atoms with Crippen molar-refractivity contribution in [2.75, 3.05) is 19.8 Å². The highest BCUT2D eigenvalue weighted by atomic mass is 32.2. The minimum Gasteiger partial charge on any atom is -0.489 e. The molecule has 0 radical (unpaired) electrons. The van der Waals surface area contributed by atoms with Gasteiger partial charge in [0.2, 0.25) is 10.0 Å². The van der Waals surface area contributed by atoms with E-state index in [2.05, 4.69) is 0 Å². The van der Waals surface area contributed by atoms with Gasteiger partial charge in [-0.3, -0.25) is 0 Å². The first kappa shape index (κ1) is 31.3. The summed E-state index contributed by atoms with van der Waals surface area (Å²) in [6.07, 6.45) is -0.716. The first-order valence-corrected chi connectivity index (χ1v) is 15.6. The Morgan fingerprint density at radius 1 is 0.667 bits per heavy atom. The van der Waals surface area contributed by atoms with Gasteiger partial charge in [0.05, 0.1) is 11.4 Å². The maximum absolute atomic E-state index is 13.9. The van der Waals surface area contributed by atoms with E-state index < -0.39 is 16.3 Å². The van der Waals surface area contributed by atoms with Crippen molar-refractivity contribution in [2.24, 2.45) is 0 Å². The van der Waals surface area contributed by atoms with Crippen LogP contribution in [0.2, 0.25) is 0 Å². The second kappa shape index (κ2) is 15.5. The summed E-state index contributed by atoms with van der Waals surface area (Å²) >= 11 is 0. The van der Waals surface area contributed by atoms with Gasteiger partial charge in [-0.15, -0.1) is 0 Å². The molecule has 0 saturated carbocycles. The Labute approximate surface area is 249 Å². The average molecular weight is 590 g/mol. The Morgan fingerprint density at radius 3 is 1.64 bits per heavy atom. The van der Waals surface area contributed by atoms with Crippen molar-refractivity contribution in [2.45, 2.75) is 51.7 Å². The van der Waals surface area contributed by atoms with Gasteiger partial charge in [-0.1, -0.05) is 78.4 Å². The molecule has 8 heteroatoms. The van der Waals surface area contributed by atoms with Gasteiger partial charge in [-0.25, -0.2) is 8.42 Å². The molecule has 0 saturated heterocycles. The smallest absolute Gasteiger partial charge is 0.243 e. The van der Waals surface area contributed by atoms with Gasteiger partial charge in [0, 0.05) is 25.8 Å². The first-order valence-electron chi connectivity index (χ1n) is 14.1. The van der Waals surface area contributed by atoms with Crippen molar-refractivity contribution in [3.05, 3.63) is 125 Å². The maximum atomic E-state index is 13.9. The van der Waals surface area contributed by atoms with Gasteiger partial charge < -0.3 is 18.9 Å². The third kappa shape index (κ3) is 9.16. The first-order chi connectivity index (χ1) is 20.4. The Kier molecular flexibility index (Phi) is 11.5. The Bertz CT molecular complexity index is 1410. The monoisotopic (exact) mass is 589 g/mol. The van der Waals surface area contributed by atoms with Crippen LogP contribution in [0.5, 0.6) is 11.5 Å². The largest absolute Gasteiger partial charge is 0.489 e. The van der Waals surface area contributed by atoms with Crippen LogP contribution >= 0.6 is 0 Å². The molecule has 0 heterocycles. The van der Waals surface area contributed by atoms with E-state index in [9.17, 15) is 8.42 Å². The molecule has 0 N–H and O–H groups in total. The normalized spacial score (nSPS) is 11.6. The van der Waals surface area contributed by atoms with E-state index in [1.807, 2.05) is 99.6 Å². The minimum atomic E-state index is -3.89. The molecule has 0 aromatic heterocycles. The third-order valence-electron chi connectivity index (χ3n) is 6.51. The van der Waals surface area contributed by atoms with E-state index in [0.29, 0.717) is 43.5 Å². The van der Waals surface area contributed by atoms with E-state index in [1.54, 1.807) is 24.3 Å². The number of rotatable bonds is 16. The predicted octanol–water partition coefficient (Wildman–Crippen LogP) is 6.74. The zero-order chi connectivity index (χ0) is 29.8. The SMILES string of the molecule is CCOC(CN(Cc1cc(OCc2ccccc2)cc(OCc2ccccc2)c1)S(=O)(=O)c1ccc(C)cc1)OCC. The lowest BCUT2D eigenvalue weighted by Crippen LogP contribution is -2.39. The number of ether oxygens (including phenoxy) is 4. The number of hydrogen-bond acceptors (Lipinski definition) is 6. The van der Waals surface area contributed by atoms with Crippen LogP contribution in [0.25, 0.3) is 0 Å². The molecule has 0 aliphatic rings. The average Bonchev–Trinajstić information content (AvgIpc) is 3.00. The lowest BCUT2D eigenvalue weighted by Gasteiger charge is -2.27. The van der Waals surface area contributed by atoms with Gasteiger partial charge in [0.15, 0.2) is 6.29 Å². The van der Waals surface area contributed by atoms with Crippen LogP contribution in [0, 0.1) is 6.92 Å². The van der Waals surface area contributed by atoms with Crippen molar-refractivity contribution >= 4 is 10.0 Å². The molecule has 0 fully saturated rings. The molecule has 4 aromatic rings. The van der Waals surface area contributed by atoms with E-state index in [-0.39, 0.29) is 18.0 Å². The fraction of sp³-hybridized carbons (Fsp3) is 0.294. The van der Waals surface area contributed by atoms with E-state index in [0.717, 1.165) is 16.7 Å². The quantitative estimate of drug-likeness (QED) is 0.135. The second-order valence-corrected chi connectivity index (χ2v) is 11.8. The van der Waals surface area contributed by atoms with E-state index >= 15 is 0 Å². The maximum Gasteiger partial charge on any atom is 0.243 e. The van der Waals surface area contributed by atoms with Crippen LogP contribution < -0.4 is 9.47 Å².